The number of aromatic nitrogens is 2. The molecule has 0 bridgehead atoms. The van der Waals surface area contributed by atoms with Crippen molar-refractivity contribution in [2.24, 2.45) is 0 Å². The van der Waals surface area contributed by atoms with E-state index < -0.39 is 0 Å². The van der Waals surface area contributed by atoms with Crippen molar-refractivity contribution in [3.05, 3.63) is 138 Å². The highest BCUT2D eigenvalue weighted by atomic mass is 15.2. The summed E-state index contributed by atoms with van der Waals surface area (Å²) in [5, 5.41) is 10.7. The van der Waals surface area contributed by atoms with Gasteiger partial charge in [-0.05, 0) is 72.0 Å². The van der Waals surface area contributed by atoms with Gasteiger partial charge in [-0.3, -0.25) is 0 Å². The van der Waals surface area contributed by atoms with Gasteiger partial charge in [0.25, 0.3) is 0 Å². The first-order valence-corrected chi connectivity index (χ1v) is 13.9. The van der Waals surface area contributed by atoms with Crippen molar-refractivity contribution in [3.8, 4) is 17.2 Å². The van der Waals surface area contributed by atoms with Crippen LogP contribution in [0.1, 0.15) is 41.3 Å². The molecule has 0 amide bonds. The maximum absolute atomic E-state index is 9.39. The second kappa shape index (κ2) is 8.97. The zero-order valence-corrected chi connectivity index (χ0v) is 21.9. The summed E-state index contributed by atoms with van der Waals surface area (Å²) in [5.41, 5.74) is 11.4. The van der Waals surface area contributed by atoms with Crippen LogP contribution in [0.2, 0.25) is 0 Å². The fraction of sp³-hybridized carbons (Fsp3) is 0.111. The molecule has 0 N–H and O–H groups in total. The summed E-state index contributed by atoms with van der Waals surface area (Å²) in [6, 6.07) is 32.5. The first-order valence-electron chi connectivity index (χ1n) is 13.9. The van der Waals surface area contributed by atoms with Gasteiger partial charge in [-0.2, -0.15) is 5.26 Å². The third-order valence-electron chi connectivity index (χ3n) is 8.44. The molecule has 4 nitrogen and oxygen atoms in total. The molecule has 3 aromatic carbocycles. The van der Waals surface area contributed by atoms with E-state index in [1.54, 1.807) is 6.20 Å². The molecule has 4 heteroatoms. The molecule has 190 valence electrons. The molecule has 3 heterocycles. The van der Waals surface area contributed by atoms with Crippen LogP contribution in [0.4, 0.5) is 11.4 Å². The van der Waals surface area contributed by atoms with E-state index in [0.717, 1.165) is 29.7 Å². The minimum Gasteiger partial charge on any atom is -0.333 e. The van der Waals surface area contributed by atoms with Crippen molar-refractivity contribution in [1.82, 2.24) is 9.55 Å². The number of anilines is 2. The predicted octanol–water partition coefficient (Wildman–Crippen LogP) is 8.44. The van der Waals surface area contributed by atoms with Crippen molar-refractivity contribution in [1.29, 1.82) is 5.26 Å². The molecule has 0 saturated heterocycles. The SMILES string of the molecule is N#Cc1cc(-c2cccc(N3c4ccccc4C4c5c(c6ccccc6n5C5=CCCC=C5)C=CC43)c2)ccn1. The quantitative estimate of drug-likeness (QED) is 0.243. The Morgan fingerprint density at radius 2 is 1.73 bits per heavy atom. The predicted molar refractivity (Wildman–Crippen MR) is 162 cm³/mol. The molecule has 5 aromatic rings. The Morgan fingerprint density at radius 3 is 2.62 bits per heavy atom. The first kappa shape index (κ1) is 22.8. The topological polar surface area (TPSA) is 44.9 Å². The average molecular weight is 515 g/mol. The van der Waals surface area contributed by atoms with E-state index in [0.29, 0.717) is 5.69 Å². The lowest BCUT2D eigenvalue weighted by atomic mass is 9.84. The highest BCUT2D eigenvalue weighted by Gasteiger charge is 2.43. The van der Waals surface area contributed by atoms with E-state index in [9.17, 15) is 5.26 Å². The van der Waals surface area contributed by atoms with E-state index >= 15 is 0 Å². The Morgan fingerprint density at radius 1 is 0.850 bits per heavy atom. The van der Waals surface area contributed by atoms with Gasteiger partial charge in [0, 0.05) is 39.9 Å². The van der Waals surface area contributed by atoms with Crippen LogP contribution in [-0.4, -0.2) is 15.6 Å². The Kier molecular flexibility index (Phi) is 5.11. The van der Waals surface area contributed by atoms with E-state index in [-0.39, 0.29) is 12.0 Å². The average Bonchev–Trinajstić information content (AvgIpc) is 3.54. The molecular weight excluding hydrogens is 488 g/mol. The van der Waals surface area contributed by atoms with Gasteiger partial charge in [-0.15, -0.1) is 0 Å². The molecule has 8 rings (SSSR count). The summed E-state index contributed by atoms with van der Waals surface area (Å²) >= 11 is 0. The lowest BCUT2D eigenvalue weighted by Gasteiger charge is -2.32. The molecule has 0 spiro atoms. The van der Waals surface area contributed by atoms with Crippen molar-refractivity contribution in [2.75, 3.05) is 4.90 Å². The monoisotopic (exact) mass is 514 g/mol. The van der Waals surface area contributed by atoms with Gasteiger partial charge in [0.05, 0.1) is 17.5 Å². The normalized spacial score (nSPS) is 18.7. The Labute approximate surface area is 233 Å². The largest absolute Gasteiger partial charge is 0.333 e. The zero-order chi connectivity index (χ0) is 26.6. The Hall–Kier alpha value is -5.14. The molecule has 0 saturated carbocycles. The van der Waals surface area contributed by atoms with Crippen LogP contribution < -0.4 is 4.90 Å². The number of para-hydroxylation sites is 2. The third-order valence-corrected chi connectivity index (χ3v) is 8.44. The summed E-state index contributed by atoms with van der Waals surface area (Å²) in [7, 11) is 0. The van der Waals surface area contributed by atoms with Gasteiger partial charge in [0.1, 0.15) is 11.8 Å². The summed E-state index contributed by atoms with van der Waals surface area (Å²) in [4.78, 5) is 6.65. The molecule has 2 aromatic heterocycles. The van der Waals surface area contributed by atoms with E-state index in [1.807, 2.05) is 12.1 Å². The number of rotatable bonds is 3. The summed E-state index contributed by atoms with van der Waals surface area (Å²) in [6.07, 6.45) is 15.6. The van der Waals surface area contributed by atoms with E-state index in [4.69, 9.17) is 0 Å². The standard InChI is InChI=1S/C36H26N4/c37-23-26-21-25(19-20-38-26)24-9-8-12-28(22-24)39-33-16-7-5-14-31(33)35-34(39)18-17-30-29-13-4-6-15-32(29)40(36(30)35)27-10-2-1-3-11-27/h2,4-22,34-35H,1,3H2. The molecule has 3 aliphatic rings. The van der Waals surface area contributed by atoms with Gasteiger partial charge in [0.2, 0.25) is 0 Å². The molecule has 0 fully saturated rings. The van der Waals surface area contributed by atoms with Gasteiger partial charge in [0.15, 0.2) is 0 Å². The molecular formula is C36H26N4. The van der Waals surface area contributed by atoms with Crippen molar-refractivity contribution < 1.29 is 0 Å². The second-order valence-corrected chi connectivity index (χ2v) is 10.6. The van der Waals surface area contributed by atoms with Crippen LogP contribution in [0.3, 0.4) is 0 Å². The number of nitrogens with zero attached hydrogens (tertiary/aromatic N) is 4. The summed E-state index contributed by atoms with van der Waals surface area (Å²) < 4.78 is 2.51. The van der Waals surface area contributed by atoms with Gasteiger partial charge < -0.3 is 9.47 Å². The lowest BCUT2D eigenvalue weighted by molar-refractivity contribution is 0.695. The van der Waals surface area contributed by atoms with Gasteiger partial charge in [-0.25, -0.2) is 4.98 Å². The number of hydrogen-bond donors (Lipinski definition) is 0. The van der Waals surface area contributed by atoms with Crippen LogP contribution in [0.5, 0.6) is 0 Å². The van der Waals surface area contributed by atoms with Gasteiger partial charge in [-0.1, -0.05) is 72.8 Å². The number of pyridine rings is 1. The smallest absolute Gasteiger partial charge is 0.141 e. The number of allylic oxidation sites excluding steroid dienone is 4. The Bertz CT molecular complexity index is 1950. The molecule has 2 atom stereocenters. The summed E-state index contributed by atoms with van der Waals surface area (Å²) in [6.45, 7) is 0. The first-order chi connectivity index (χ1) is 19.8. The summed E-state index contributed by atoms with van der Waals surface area (Å²) in [5.74, 6) is 0.189. The minimum atomic E-state index is 0.142. The second-order valence-electron chi connectivity index (χ2n) is 10.6. The fourth-order valence-corrected chi connectivity index (χ4v) is 6.79. The number of benzene rings is 3. The third kappa shape index (κ3) is 3.34. The van der Waals surface area contributed by atoms with Crippen molar-refractivity contribution >= 4 is 34.1 Å². The number of nitriles is 1. The van der Waals surface area contributed by atoms with Crippen LogP contribution in [0.15, 0.2) is 115 Å². The number of hydrogen-bond acceptors (Lipinski definition) is 3. The fourth-order valence-electron chi connectivity index (χ4n) is 6.79. The van der Waals surface area contributed by atoms with E-state index in [1.165, 1.54) is 39.1 Å². The van der Waals surface area contributed by atoms with Gasteiger partial charge >= 0.3 is 0 Å². The molecule has 40 heavy (non-hydrogen) atoms. The van der Waals surface area contributed by atoms with E-state index in [2.05, 4.69) is 124 Å². The maximum atomic E-state index is 9.39. The van der Waals surface area contributed by atoms with Crippen LogP contribution in [0, 0.1) is 11.3 Å². The van der Waals surface area contributed by atoms with Crippen LogP contribution >= 0.6 is 0 Å². The maximum Gasteiger partial charge on any atom is 0.141 e. The molecule has 0 radical (unpaired) electrons. The molecule has 2 aliphatic carbocycles. The van der Waals surface area contributed by atoms with Crippen LogP contribution in [0.25, 0.3) is 33.8 Å². The zero-order valence-electron chi connectivity index (χ0n) is 21.9. The molecule has 2 unspecified atom stereocenters. The highest BCUT2D eigenvalue weighted by Crippen LogP contribution is 2.53. The highest BCUT2D eigenvalue weighted by molar-refractivity contribution is 5.97. The van der Waals surface area contributed by atoms with Crippen molar-refractivity contribution in [2.45, 2.75) is 24.8 Å². The molecule has 1 aliphatic heterocycles. The van der Waals surface area contributed by atoms with Crippen LogP contribution in [-0.2, 0) is 0 Å². The van der Waals surface area contributed by atoms with Crippen molar-refractivity contribution in [3.63, 3.8) is 0 Å². The minimum absolute atomic E-state index is 0.142. The Balaban J connectivity index is 1.32. The number of fused-ring (bicyclic) bond motifs is 7. The lowest BCUT2D eigenvalue weighted by Crippen LogP contribution is -2.31.